The predicted octanol–water partition coefficient (Wildman–Crippen LogP) is 0.924. The molecule has 0 fully saturated rings. The van der Waals surface area contributed by atoms with E-state index in [9.17, 15) is 22.5 Å². The molecule has 0 aromatic heterocycles. The third-order valence-corrected chi connectivity index (χ3v) is 2.24. The number of hydrogen-bond acceptors (Lipinski definition) is 4. The molecule has 0 aliphatic carbocycles. The second kappa shape index (κ2) is 4.77. The SMILES string of the molecule is COP(=O)(O)CC(=O)OCC(F)(F)F. The molecule has 0 aliphatic heterocycles. The zero-order chi connectivity index (χ0) is 11.4. The molecule has 0 rings (SSSR count). The van der Waals surface area contributed by atoms with Gasteiger partial charge in [-0.05, 0) is 0 Å². The lowest BCUT2D eigenvalue weighted by Crippen LogP contribution is -2.22. The minimum atomic E-state index is -4.65. The molecule has 0 aliphatic rings. The minimum absolute atomic E-state index is 0.859. The Kier molecular flexibility index (Phi) is 4.57. The van der Waals surface area contributed by atoms with Crippen molar-refractivity contribution in [3.05, 3.63) is 0 Å². The monoisotopic (exact) mass is 236 g/mol. The van der Waals surface area contributed by atoms with Crippen LogP contribution in [0.3, 0.4) is 0 Å². The second-order valence-electron chi connectivity index (χ2n) is 2.25. The first-order valence-electron chi connectivity index (χ1n) is 3.26. The van der Waals surface area contributed by atoms with Crippen molar-refractivity contribution in [3.63, 3.8) is 0 Å². The summed E-state index contributed by atoms with van der Waals surface area (Å²) in [4.78, 5) is 19.2. The molecule has 9 heteroatoms. The molecule has 5 nitrogen and oxygen atoms in total. The summed E-state index contributed by atoms with van der Waals surface area (Å²) in [6.45, 7) is -1.78. The summed E-state index contributed by atoms with van der Waals surface area (Å²) in [7, 11) is -3.29. The predicted molar refractivity (Wildman–Crippen MR) is 38.7 cm³/mol. The van der Waals surface area contributed by atoms with Crippen LogP contribution in [0.15, 0.2) is 0 Å². The summed E-state index contributed by atoms with van der Waals surface area (Å²) in [5.41, 5.74) is 0. The van der Waals surface area contributed by atoms with Crippen LogP contribution in [0.4, 0.5) is 13.2 Å². The third kappa shape index (κ3) is 6.88. The van der Waals surface area contributed by atoms with Crippen molar-refractivity contribution in [2.45, 2.75) is 6.18 Å². The highest BCUT2D eigenvalue weighted by Crippen LogP contribution is 2.40. The highest BCUT2D eigenvalue weighted by molar-refractivity contribution is 7.53. The highest BCUT2D eigenvalue weighted by Gasteiger charge is 2.31. The summed E-state index contributed by atoms with van der Waals surface area (Å²) < 4.78 is 52.8. The van der Waals surface area contributed by atoms with Gasteiger partial charge in [0.2, 0.25) is 0 Å². The van der Waals surface area contributed by atoms with Crippen molar-refractivity contribution in [1.29, 1.82) is 0 Å². The number of hydrogen-bond donors (Lipinski definition) is 1. The number of rotatable bonds is 4. The average Bonchev–Trinajstić information content (AvgIpc) is 1.99. The number of carbonyl (C=O) groups is 1. The molecule has 0 saturated heterocycles. The van der Waals surface area contributed by atoms with Gasteiger partial charge in [0.15, 0.2) is 6.61 Å². The number of halogens is 3. The molecule has 1 atom stereocenters. The molecule has 14 heavy (non-hydrogen) atoms. The first-order valence-corrected chi connectivity index (χ1v) is 5.02. The zero-order valence-corrected chi connectivity index (χ0v) is 7.97. The first kappa shape index (κ1) is 13.4. The van der Waals surface area contributed by atoms with Gasteiger partial charge in [0, 0.05) is 7.11 Å². The molecule has 0 aromatic rings. The molecular weight excluding hydrogens is 228 g/mol. The van der Waals surface area contributed by atoms with Gasteiger partial charge in [0.05, 0.1) is 0 Å². The van der Waals surface area contributed by atoms with Gasteiger partial charge in [-0.15, -0.1) is 0 Å². The van der Waals surface area contributed by atoms with Gasteiger partial charge in [-0.3, -0.25) is 9.36 Å². The minimum Gasteiger partial charge on any atom is -0.456 e. The van der Waals surface area contributed by atoms with Crippen LogP contribution in [0, 0.1) is 0 Å². The van der Waals surface area contributed by atoms with Crippen LogP contribution in [-0.4, -0.2) is 36.9 Å². The van der Waals surface area contributed by atoms with Crippen molar-refractivity contribution < 1.29 is 36.7 Å². The van der Waals surface area contributed by atoms with E-state index < -0.39 is 32.5 Å². The summed E-state index contributed by atoms with van der Waals surface area (Å²) in [5.74, 6) is -1.44. The van der Waals surface area contributed by atoms with Crippen molar-refractivity contribution in [2.24, 2.45) is 0 Å². The number of ether oxygens (including phenoxy) is 1. The molecule has 0 bridgehead atoms. The molecule has 0 aromatic carbocycles. The van der Waals surface area contributed by atoms with Gasteiger partial charge >= 0.3 is 19.7 Å². The molecule has 0 saturated carbocycles. The molecule has 1 unspecified atom stereocenters. The van der Waals surface area contributed by atoms with Crippen LogP contribution >= 0.6 is 7.60 Å². The Morgan fingerprint density at radius 1 is 1.50 bits per heavy atom. The van der Waals surface area contributed by atoms with Crippen LogP contribution in [0.1, 0.15) is 0 Å². The lowest BCUT2D eigenvalue weighted by Gasteiger charge is -2.10. The largest absolute Gasteiger partial charge is 0.456 e. The molecule has 84 valence electrons. The fraction of sp³-hybridized carbons (Fsp3) is 0.800. The standard InChI is InChI=1S/C5H8F3O5P/c1-12-14(10,11)2-4(9)13-3-5(6,7)8/h2-3H2,1H3,(H,10,11). The van der Waals surface area contributed by atoms with Gasteiger partial charge in [0.25, 0.3) is 0 Å². The zero-order valence-electron chi connectivity index (χ0n) is 7.08. The number of carbonyl (C=O) groups excluding carboxylic acids is 1. The number of alkyl halides is 3. The maximum atomic E-state index is 11.5. The van der Waals surface area contributed by atoms with Gasteiger partial charge in [0.1, 0.15) is 6.16 Å². The first-order chi connectivity index (χ1) is 6.16. The van der Waals surface area contributed by atoms with Crippen molar-refractivity contribution in [1.82, 2.24) is 0 Å². The van der Waals surface area contributed by atoms with Crippen LogP contribution < -0.4 is 0 Å². The quantitative estimate of drug-likeness (QED) is 0.580. The normalized spacial score (nSPS) is 16.1. The van der Waals surface area contributed by atoms with E-state index in [-0.39, 0.29) is 0 Å². The fourth-order valence-corrected chi connectivity index (χ4v) is 0.982. The Bertz CT molecular complexity index is 250. The lowest BCUT2D eigenvalue weighted by atomic mass is 10.7. The lowest BCUT2D eigenvalue weighted by molar-refractivity contribution is -0.184. The van der Waals surface area contributed by atoms with E-state index in [1.165, 1.54) is 0 Å². The summed E-state index contributed by atoms with van der Waals surface area (Å²) >= 11 is 0. The van der Waals surface area contributed by atoms with Gasteiger partial charge < -0.3 is 14.2 Å². The van der Waals surface area contributed by atoms with E-state index in [2.05, 4.69) is 9.26 Å². The van der Waals surface area contributed by atoms with Gasteiger partial charge in [-0.25, -0.2) is 0 Å². The molecule has 0 heterocycles. The number of esters is 1. The smallest absolute Gasteiger partial charge is 0.422 e. The van der Waals surface area contributed by atoms with E-state index >= 15 is 0 Å². The molecule has 1 N–H and O–H groups in total. The van der Waals surface area contributed by atoms with E-state index in [0.29, 0.717) is 0 Å². The Labute approximate surface area is 77.3 Å². The van der Waals surface area contributed by atoms with Crippen LogP contribution in [0.2, 0.25) is 0 Å². The summed E-state index contributed by atoms with van der Waals surface area (Å²) in [5, 5.41) is 0. The van der Waals surface area contributed by atoms with E-state index in [4.69, 9.17) is 4.89 Å². The van der Waals surface area contributed by atoms with Crippen molar-refractivity contribution in [3.8, 4) is 0 Å². The molecule has 0 amide bonds. The maximum absolute atomic E-state index is 11.5. The maximum Gasteiger partial charge on any atom is 0.422 e. The topological polar surface area (TPSA) is 72.8 Å². The third-order valence-electron chi connectivity index (χ3n) is 1.01. The van der Waals surface area contributed by atoms with E-state index in [1.807, 2.05) is 0 Å². The van der Waals surface area contributed by atoms with E-state index in [0.717, 1.165) is 7.11 Å². The highest BCUT2D eigenvalue weighted by atomic mass is 31.2. The van der Waals surface area contributed by atoms with Crippen molar-refractivity contribution in [2.75, 3.05) is 19.9 Å². The molecule has 0 radical (unpaired) electrons. The second-order valence-corrected chi connectivity index (χ2v) is 4.21. The van der Waals surface area contributed by atoms with Crippen LogP contribution in [0.25, 0.3) is 0 Å². The van der Waals surface area contributed by atoms with Crippen LogP contribution in [0.5, 0.6) is 0 Å². The van der Waals surface area contributed by atoms with E-state index in [1.54, 1.807) is 0 Å². The summed E-state index contributed by atoms with van der Waals surface area (Å²) in [6.07, 6.45) is -5.75. The van der Waals surface area contributed by atoms with Gasteiger partial charge in [-0.1, -0.05) is 0 Å². The Hall–Kier alpha value is -0.590. The average molecular weight is 236 g/mol. The Balaban J connectivity index is 3.95. The molecular formula is C5H8F3O5P. The van der Waals surface area contributed by atoms with Gasteiger partial charge in [-0.2, -0.15) is 13.2 Å². The molecule has 0 spiro atoms. The summed E-state index contributed by atoms with van der Waals surface area (Å²) in [6, 6.07) is 0. The van der Waals surface area contributed by atoms with Crippen molar-refractivity contribution >= 4 is 13.6 Å². The van der Waals surface area contributed by atoms with Crippen LogP contribution in [-0.2, 0) is 18.6 Å². The Morgan fingerprint density at radius 3 is 2.36 bits per heavy atom. The Morgan fingerprint density at radius 2 is 2.00 bits per heavy atom. The fourth-order valence-electron chi connectivity index (χ4n) is 0.436.